The summed E-state index contributed by atoms with van der Waals surface area (Å²) in [6, 6.07) is 16.7. The lowest BCUT2D eigenvalue weighted by Gasteiger charge is -2.14. The van der Waals surface area contributed by atoms with Crippen molar-refractivity contribution in [1.82, 2.24) is 0 Å². The molecule has 0 unspecified atom stereocenters. The Labute approximate surface area is 134 Å². The van der Waals surface area contributed by atoms with E-state index in [4.69, 9.17) is 11.6 Å². The van der Waals surface area contributed by atoms with Gasteiger partial charge in [0.25, 0.3) is 0 Å². The molecule has 0 saturated heterocycles. The number of ketones is 1. The highest BCUT2D eigenvalue weighted by molar-refractivity contribution is 6.33. The smallest absolute Gasteiger partial charge is 0.231 e. The molecule has 1 aliphatic carbocycles. The minimum absolute atomic E-state index is 0.0248. The Morgan fingerprint density at radius 1 is 1.00 bits per heavy atom. The number of Topliss-reactive ketones (excluding diaryl/α,β-unsaturated/α-hetero) is 1. The molecule has 0 aromatic heterocycles. The molecular formula is C18H16ClNO2. The molecule has 1 amide bonds. The molecule has 1 N–H and O–H groups in total. The number of para-hydroxylation sites is 1. The van der Waals surface area contributed by atoms with E-state index in [2.05, 4.69) is 5.32 Å². The van der Waals surface area contributed by atoms with E-state index in [1.807, 2.05) is 30.3 Å². The Balaban J connectivity index is 1.67. The lowest BCUT2D eigenvalue weighted by atomic mass is 9.89. The van der Waals surface area contributed by atoms with Gasteiger partial charge in [-0.2, -0.15) is 0 Å². The zero-order valence-corrected chi connectivity index (χ0v) is 12.8. The molecule has 112 valence electrons. The highest BCUT2D eigenvalue weighted by Crippen LogP contribution is 2.49. The fraction of sp³-hybridized carbons (Fsp3) is 0.222. The largest absolute Gasteiger partial charge is 0.324 e. The summed E-state index contributed by atoms with van der Waals surface area (Å²) in [5.41, 5.74) is 1.08. The number of hydrogen-bond donors (Lipinski definition) is 1. The summed E-state index contributed by atoms with van der Waals surface area (Å²) in [6.45, 7) is 0. The SMILES string of the molecule is O=C(CC(=O)C1(c2ccccc2)CC1)Nc1ccccc1Cl. The summed E-state index contributed by atoms with van der Waals surface area (Å²) < 4.78 is 0. The first-order valence-corrected chi connectivity index (χ1v) is 7.63. The maximum absolute atomic E-state index is 12.5. The summed E-state index contributed by atoms with van der Waals surface area (Å²) in [5, 5.41) is 3.17. The Morgan fingerprint density at radius 3 is 2.27 bits per heavy atom. The lowest BCUT2D eigenvalue weighted by molar-refractivity contribution is -0.127. The summed E-state index contributed by atoms with van der Waals surface area (Å²) in [4.78, 5) is 24.6. The summed E-state index contributed by atoms with van der Waals surface area (Å²) in [6.07, 6.45) is 1.50. The van der Waals surface area contributed by atoms with Crippen molar-refractivity contribution in [3.05, 3.63) is 65.2 Å². The maximum Gasteiger partial charge on any atom is 0.231 e. The van der Waals surface area contributed by atoms with Crippen molar-refractivity contribution in [3.8, 4) is 0 Å². The molecule has 4 heteroatoms. The molecule has 2 aromatic carbocycles. The van der Waals surface area contributed by atoms with Crippen molar-refractivity contribution in [1.29, 1.82) is 0 Å². The average molecular weight is 314 g/mol. The molecular weight excluding hydrogens is 298 g/mol. The number of nitrogens with one attached hydrogen (secondary N) is 1. The second kappa shape index (κ2) is 5.93. The first-order chi connectivity index (χ1) is 10.6. The van der Waals surface area contributed by atoms with Gasteiger partial charge in [0.1, 0.15) is 0 Å². The highest BCUT2D eigenvalue weighted by Gasteiger charge is 2.50. The summed E-state index contributed by atoms with van der Waals surface area (Å²) >= 11 is 6.00. The second-order valence-electron chi connectivity index (χ2n) is 5.58. The highest BCUT2D eigenvalue weighted by atomic mass is 35.5. The first-order valence-electron chi connectivity index (χ1n) is 7.25. The fourth-order valence-corrected chi connectivity index (χ4v) is 2.87. The number of hydrogen-bond acceptors (Lipinski definition) is 2. The van der Waals surface area contributed by atoms with Crippen molar-refractivity contribution in [3.63, 3.8) is 0 Å². The van der Waals surface area contributed by atoms with Gasteiger partial charge in [0.05, 0.1) is 22.5 Å². The molecule has 22 heavy (non-hydrogen) atoms. The van der Waals surface area contributed by atoms with Gasteiger partial charge in [-0.15, -0.1) is 0 Å². The van der Waals surface area contributed by atoms with E-state index in [1.165, 1.54) is 0 Å². The molecule has 0 bridgehead atoms. The molecule has 0 atom stereocenters. The fourth-order valence-electron chi connectivity index (χ4n) is 2.68. The van der Waals surface area contributed by atoms with Crippen LogP contribution >= 0.6 is 11.6 Å². The predicted octanol–water partition coefficient (Wildman–Crippen LogP) is 3.97. The quantitative estimate of drug-likeness (QED) is 0.849. The van der Waals surface area contributed by atoms with Crippen LogP contribution in [0.4, 0.5) is 5.69 Å². The van der Waals surface area contributed by atoms with Crippen molar-refractivity contribution in [2.24, 2.45) is 0 Å². The topological polar surface area (TPSA) is 46.2 Å². The normalized spacial score (nSPS) is 15.1. The molecule has 3 nitrogen and oxygen atoms in total. The molecule has 3 rings (SSSR count). The minimum atomic E-state index is -0.459. The van der Waals surface area contributed by atoms with Crippen LogP contribution in [0.2, 0.25) is 5.02 Å². The van der Waals surface area contributed by atoms with Gasteiger partial charge in [0.2, 0.25) is 5.91 Å². The van der Waals surface area contributed by atoms with E-state index in [0.717, 1.165) is 18.4 Å². The van der Waals surface area contributed by atoms with Crippen molar-refractivity contribution in [2.75, 3.05) is 5.32 Å². The van der Waals surface area contributed by atoms with Crippen LogP contribution in [0, 0.1) is 0 Å². The van der Waals surface area contributed by atoms with Crippen LogP contribution in [0.5, 0.6) is 0 Å². The molecule has 1 fully saturated rings. The number of carbonyl (C=O) groups is 2. The second-order valence-corrected chi connectivity index (χ2v) is 5.98. The zero-order chi connectivity index (χ0) is 15.6. The van der Waals surface area contributed by atoms with Gasteiger partial charge in [-0.3, -0.25) is 9.59 Å². The standard InChI is InChI=1S/C18H16ClNO2/c19-14-8-4-5-9-15(14)20-17(22)12-16(21)18(10-11-18)13-6-2-1-3-7-13/h1-9H,10-12H2,(H,20,22). The molecule has 0 radical (unpaired) electrons. The van der Waals surface area contributed by atoms with Crippen LogP contribution in [-0.4, -0.2) is 11.7 Å². The van der Waals surface area contributed by atoms with Crippen LogP contribution in [0.25, 0.3) is 0 Å². The van der Waals surface area contributed by atoms with Gasteiger partial charge < -0.3 is 5.32 Å². The van der Waals surface area contributed by atoms with Gasteiger partial charge in [-0.05, 0) is 30.5 Å². The Bertz CT molecular complexity index is 708. The van der Waals surface area contributed by atoms with E-state index in [-0.39, 0.29) is 18.1 Å². The molecule has 1 aliphatic rings. The molecule has 1 saturated carbocycles. The Hall–Kier alpha value is -2.13. The third-order valence-electron chi connectivity index (χ3n) is 4.08. The van der Waals surface area contributed by atoms with E-state index in [0.29, 0.717) is 10.7 Å². The van der Waals surface area contributed by atoms with Crippen LogP contribution in [0.15, 0.2) is 54.6 Å². The van der Waals surface area contributed by atoms with Crippen LogP contribution in [0.1, 0.15) is 24.8 Å². The first kappa shape index (κ1) is 14.8. The summed E-state index contributed by atoms with van der Waals surface area (Å²) in [5.74, 6) is -0.344. The average Bonchev–Trinajstić information content (AvgIpc) is 3.32. The zero-order valence-electron chi connectivity index (χ0n) is 12.0. The summed E-state index contributed by atoms with van der Waals surface area (Å²) in [7, 11) is 0. The lowest BCUT2D eigenvalue weighted by Crippen LogP contribution is -2.26. The third-order valence-corrected chi connectivity index (χ3v) is 4.41. The van der Waals surface area contributed by atoms with Crippen molar-refractivity contribution < 1.29 is 9.59 Å². The number of anilines is 1. The van der Waals surface area contributed by atoms with Gasteiger partial charge in [-0.1, -0.05) is 54.1 Å². The van der Waals surface area contributed by atoms with E-state index in [9.17, 15) is 9.59 Å². The van der Waals surface area contributed by atoms with Crippen LogP contribution in [0.3, 0.4) is 0 Å². The molecule has 0 aliphatic heterocycles. The molecule has 2 aromatic rings. The Morgan fingerprint density at radius 2 is 1.64 bits per heavy atom. The number of rotatable bonds is 5. The van der Waals surface area contributed by atoms with E-state index in [1.54, 1.807) is 24.3 Å². The Kier molecular flexibility index (Phi) is 3.99. The number of amides is 1. The maximum atomic E-state index is 12.5. The monoisotopic (exact) mass is 313 g/mol. The van der Waals surface area contributed by atoms with Crippen LogP contribution < -0.4 is 5.32 Å². The molecule has 0 heterocycles. The van der Waals surface area contributed by atoms with Crippen LogP contribution in [-0.2, 0) is 15.0 Å². The number of benzene rings is 2. The van der Waals surface area contributed by atoms with Crippen molar-refractivity contribution in [2.45, 2.75) is 24.7 Å². The third kappa shape index (κ3) is 2.90. The van der Waals surface area contributed by atoms with E-state index < -0.39 is 5.41 Å². The van der Waals surface area contributed by atoms with Gasteiger partial charge >= 0.3 is 0 Å². The number of carbonyl (C=O) groups excluding carboxylic acids is 2. The molecule has 0 spiro atoms. The van der Waals surface area contributed by atoms with Gasteiger partial charge in [-0.25, -0.2) is 0 Å². The van der Waals surface area contributed by atoms with E-state index >= 15 is 0 Å². The van der Waals surface area contributed by atoms with Gasteiger partial charge in [0.15, 0.2) is 5.78 Å². The predicted molar refractivity (Wildman–Crippen MR) is 87.1 cm³/mol. The number of halogens is 1. The van der Waals surface area contributed by atoms with Gasteiger partial charge in [0, 0.05) is 0 Å². The van der Waals surface area contributed by atoms with Crippen molar-refractivity contribution >= 4 is 29.0 Å². The minimum Gasteiger partial charge on any atom is -0.324 e.